The smallest absolute Gasteiger partial charge is 0.230 e. The SMILES string of the molecule is COc1ccc(-n2nc3c(c2NC(=O)C(C)(C)C)C[S@@](=O)C3)cc1. The lowest BCUT2D eigenvalue weighted by molar-refractivity contribution is -0.123. The van der Waals surface area contributed by atoms with Crippen LogP contribution >= 0.6 is 0 Å². The maximum absolute atomic E-state index is 12.4. The van der Waals surface area contributed by atoms with Crippen LogP contribution in [0.5, 0.6) is 5.75 Å². The highest BCUT2D eigenvalue weighted by Gasteiger charge is 2.30. The van der Waals surface area contributed by atoms with E-state index < -0.39 is 16.2 Å². The Morgan fingerprint density at radius 2 is 1.92 bits per heavy atom. The van der Waals surface area contributed by atoms with Crippen molar-refractivity contribution in [1.29, 1.82) is 0 Å². The van der Waals surface area contributed by atoms with Crippen molar-refractivity contribution in [2.45, 2.75) is 32.3 Å². The van der Waals surface area contributed by atoms with Crippen LogP contribution < -0.4 is 10.1 Å². The fourth-order valence-corrected chi connectivity index (χ4v) is 3.73. The van der Waals surface area contributed by atoms with E-state index in [0.717, 1.165) is 22.7 Å². The number of rotatable bonds is 3. The number of carbonyl (C=O) groups excluding carboxylic acids is 1. The molecule has 0 spiro atoms. The van der Waals surface area contributed by atoms with Gasteiger partial charge in [0.05, 0.1) is 30.0 Å². The molecular weight excluding hydrogens is 326 g/mol. The zero-order valence-electron chi connectivity index (χ0n) is 14.3. The molecule has 128 valence electrons. The first-order chi connectivity index (χ1) is 11.3. The van der Waals surface area contributed by atoms with Gasteiger partial charge in [0.15, 0.2) is 0 Å². The summed E-state index contributed by atoms with van der Waals surface area (Å²) in [6.45, 7) is 5.57. The summed E-state index contributed by atoms with van der Waals surface area (Å²) in [7, 11) is 0.661. The van der Waals surface area contributed by atoms with E-state index in [2.05, 4.69) is 10.4 Å². The van der Waals surface area contributed by atoms with Crippen LogP contribution in [-0.2, 0) is 27.1 Å². The molecule has 24 heavy (non-hydrogen) atoms. The van der Waals surface area contributed by atoms with Crippen LogP contribution in [0.4, 0.5) is 5.82 Å². The molecule has 3 rings (SSSR count). The van der Waals surface area contributed by atoms with Gasteiger partial charge in [-0.3, -0.25) is 9.00 Å². The van der Waals surface area contributed by atoms with Crippen LogP contribution in [0.1, 0.15) is 32.0 Å². The molecule has 7 heteroatoms. The summed E-state index contributed by atoms with van der Waals surface area (Å²) in [5.74, 6) is 2.11. The first-order valence-electron chi connectivity index (χ1n) is 7.71. The van der Waals surface area contributed by atoms with E-state index in [-0.39, 0.29) is 5.91 Å². The van der Waals surface area contributed by atoms with Gasteiger partial charge in [-0.1, -0.05) is 20.8 Å². The topological polar surface area (TPSA) is 73.2 Å². The Morgan fingerprint density at radius 1 is 1.25 bits per heavy atom. The highest BCUT2D eigenvalue weighted by Crippen LogP contribution is 2.32. The largest absolute Gasteiger partial charge is 0.497 e. The summed E-state index contributed by atoms with van der Waals surface area (Å²) < 4.78 is 18.8. The van der Waals surface area contributed by atoms with E-state index in [4.69, 9.17) is 4.74 Å². The molecule has 0 saturated carbocycles. The standard InChI is InChI=1S/C17H21N3O3S/c1-17(2,3)16(21)18-15-13-9-24(22)10-14(13)19-20(15)11-5-7-12(23-4)8-6-11/h5-8H,9-10H2,1-4H3,(H,18,21)/t24-/m1/s1. The fraction of sp³-hybridized carbons (Fsp3) is 0.412. The summed E-state index contributed by atoms with van der Waals surface area (Å²) in [4.78, 5) is 12.4. The third-order valence-corrected chi connectivity index (χ3v) is 5.11. The van der Waals surface area contributed by atoms with Crippen LogP contribution in [0.25, 0.3) is 5.69 Å². The number of benzene rings is 1. The number of carbonyl (C=O) groups is 1. The molecule has 1 amide bonds. The van der Waals surface area contributed by atoms with Gasteiger partial charge in [0.2, 0.25) is 5.91 Å². The van der Waals surface area contributed by atoms with Crippen molar-refractivity contribution in [3.63, 3.8) is 0 Å². The van der Waals surface area contributed by atoms with Crippen molar-refractivity contribution in [1.82, 2.24) is 9.78 Å². The minimum atomic E-state index is -0.951. The Labute approximate surface area is 143 Å². The number of ether oxygens (including phenoxy) is 1. The molecule has 1 aromatic carbocycles. The molecule has 1 aliphatic heterocycles. The monoisotopic (exact) mass is 347 g/mol. The van der Waals surface area contributed by atoms with Crippen molar-refractivity contribution in [2.24, 2.45) is 5.41 Å². The van der Waals surface area contributed by atoms with E-state index in [0.29, 0.717) is 17.3 Å². The highest BCUT2D eigenvalue weighted by molar-refractivity contribution is 7.83. The Hall–Kier alpha value is -2.15. The number of amides is 1. The Morgan fingerprint density at radius 3 is 2.50 bits per heavy atom. The molecule has 0 saturated heterocycles. The van der Waals surface area contributed by atoms with Crippen molar-refractivity contribution >= 4 is 22.5 Å². The number of anilines is 1. The predicted octanol–water partition coefficient (Wildman–Crippen LogP) is 2.63. The molecule has 0 radical (unpaired) electrons. The number of hydrogen-bond donors (Lipinski definition) is 1. The number of aromatic nitrogens is 2. The third kappa shape index (κ3) is 3.08. The van der Waals surface area contributed by atoms with Crippen LogP contribution in [0.15, 0.2) is 24.3 Å². The molecule has 2 heterocycles. The van der Waals surface area contributed by atoms with Gasteiger partial charge in [-0.05, 0) is 24.3 Å². The fourth-order valence-electron chi connectivity index (χ4n) is 2.46. The van der Waals surface area contributed by atoms with E-state index in [1.54, 1.807) is 11.8 Å². The molecular formula is C17H21N3O3S. The minimum absolute atomic E-state index is 0.0994. The zero-order valence-corrected chi connectivity index (χ0v) is 15.1. The molecule has 0 bridgehead atoms. The van der Waals surface area contributed by atoms with Crippen molar-refractivity contribution < 1.29 is 13.7 Å². The first kappa shape index (κ1) is 16.7. The highest BCUT2D eigenvalue weighted by atomic mass is 32.2. The van der Waals surface area contributed by atoms with Gasteiger partial charge in [0.25, 0.3) is 0 Å². The molecule has 2 aromatic rings. The summed E-state index contributed by atoms with van der Waals surface area (Å²) in [5.41, 5.74) is 1.94. The Kier molecular flexibility index (Phi) is 4.21. The second-order valence-electron chi connectivity index (χ2n) is 6.82. The first-order valence-corrected chi connectivity index (χ1v) is 9.20. The number of methoxy groups -OCH3 is 1. The van der Waals surface area contributed by atoms with Gasteiger partial charge in [0.1, 0.15) is 11.6 Å². The molecule has 0 fully saturated rings. The maximum atomic E-state index is 12.4. The zero-order chi connectivity index (χ0) is 17.5. The molecule has 1 N–H and O–H groups in total. The summed E-state index contributed by atoms with van der Waals surface area (Å²) in [6, 6.07) is 7.45. The summed E-state index contributed by atoms with van der Waals surface area (Å²) in [6.07, 6.45) is 0. The van der Waals surface area contributed by atoms with Crippen LogP contribution in [-0.4, -0.2) is 27.0 Å². The lowest BCUT2D eigenvalue weighted by atomic mass is 9.95. The molecule has 1 aromatic heterocycles. The number of fused-ring (bicyclic) bond motifs is 1. The predicted molar refractivity (Wildman–Crippen MR) is 93.8 cm³/mol. The Bertz CT molecular complexity index is 804. The second kappa shape index (κ2) is 6.05. The maximum Gasteiger partial charge on any atom is 0.230 e. The average molecular weight is 347 g/mol. The van der Waals surface area contributed by atoms with Crippen molar-refractivity contribution in [3.05, 3.63) is 35.5 Å². The molecule has 0 aliphatic carbocycles. The van der Waals surface area contributed by atoms with Crippen molar-refractivity contribution in [3.8, 4) is 11.4 Å². The number of hydrogen-bond acceptors (Lipinski definition) is 4. The van der Waals surface area contributed by atoms with Crippen LogP contribution in [0.3, 0.4) is 0 Å². The van der Waals surface area contributed by atoms with Gasteiger partial charge >= 0.3 is 0 Å². The molecule has 6 nitrogen and oxygen atoms in total. The van der Waals surface area contributed by atoms with Gasteiger partial charge in [0, 0.05) is 21.8 Å². The Balaban J connectivity index is 2.04. The quantitative estimate of drug-likeness (QED) is 0.926. The lowest BCUT2D eigenvalue weighted by Gasteiger charge is -2.19. The summed E-state index contributed by atoms with van der Waals surface area (Å²) in [5, 5.41) is 7.54. The molecule has 1 atom stereocenters. The van der Waals surface area contributed by atoms with E-state index in [1.165, 1.54) is 0 Å². The van der Waals surface area contributed by atoms with Crippen LogP contribution in [0, 0.1) is 5.41 Å². The average Bonchev–Trinajstić information content (AvgIpc) is 3.04. The number of nitrogens with zero attached hydrogens (tertiary/aromatic N) is 2. The minimum Gasteiger partial charge on any atom is -0.497 e. The second-order valence-corrected chi connectivity index (χ2v) is 8.27. The number of nitrogens with one attached hydrogen (secondary N) is 1. The lowest BCUT2D eigenvalue weighted by Crippen LogP contribution is -2.29. The molecule has 0 unspecified atom stereocenters. The third-order valence-electron chi connectivity index (χ3n) is 3.90. The van der Waals surface area contributed by atoms with Crippen molar-refractivity contribution in [2.75, 3.05) is 12.4 Å². The van der Waals surface area contributed by atoms with Crippen LogP contribution in [0.2, 0.25) is 0 Å². The normalized spacial score (nSPS) is 16.8. The molecule has 1 aliphatic rings. The summed E-state index contributed by atoms with van der Waals surface area (Å²) >= 11 is 0. The van der Waals surface area contributed by atoms with Gasteiger partial charge in [-0.25, -0.2) is 4.68 Å². The van der Waals surface area contributed by atoms with E-state index >= 15 is 0 Å². The van der Waals surface area contributed by atoms with Gasteiger partial charge in [-0.2, -0.15) is 5.10 Å². The van der Waals surface area contributed by atoms with Gasteiger partial charge in [-0.15, -0.1) is 0 Å². The van der Waals surface area contributed by atoms with E-state index in [9.17, 15) is 9.00 Å². The van der Waals surface area contributed by atoms with E-state index in [1.807, 2.05) is 45.0 Å². The van der Waals surface area contributed by atoms with Gasteiger partial charge < -0.3 is 10.1 Å².